The van der Waals surface area contributed by atoms with Gasteiger partial charge in [-0.1, -0.05) is 34.8 Å². The molecule has 0 spiro atoms. The maximum absolute atomic E-state index is 13.6. The van der Waals surface area contributed by atoms with Crippen LogP contribution in [0.3, 0.4) is 0 Å². The minimum Gasteiger partial charge on any atom is -0.464 e. The molecule has 0 saturated heterocycles. The van der Waals surface area contributed by atoms with Crippen LogP contribution in [0.15, 0.2) is 36.7 Å². The number of carbonyl (C=O) groups excluding carboxylic acids is 1. The zero-order chi connectivity index (χ0) is 20.4. The number of hydrogen-bond donors (Lipinski definition) is 0. The van der Waals surface area contributed by atoms with Crippen LogP contribution in [0.25, 0.3) is 11.4 Å². The Bertz CT molecular complexity index is 1040. The smallest absolute Gasteiger partial charge is 0.356 e. The van der Waals surface area contributed by atoms with E-state index >= 15 is 0 Å². The number of pyridine rings is 1. The topological polar surface area (TPSA) is 57.0 Å². The van der Waals surface area contributed by atoms with Crippen LogP contribution in [0.2, 0.25) is 15.1 Å². The number of ether oxygens (including phenoxy) is 1. The Balaban J connectivity index is 2.27. The fraction of sp³-hybridized carbons (Fsp3) is 0.167. The van der Waals surface area contributed by atoms with E-state index in [-0.39, 0.29) is 23.1 Å². The van der Waals surface area contributed by atoms with E-state index in [9.17, 15) is 13.6 Å². The summed E-state index contributed by atoms with van der Waals surface area (Å²) in [5.41, 5.74) is -0.236. The Labute approximate surface area is 173 Å². The average molecular weight is 447 g/mol. The predicted molar refractivity (Wildman–Crippen MR) is 102 cm³/mol. The van der Waals surface area contributed by atoms with Crippen molar-refractivity contribution in [2.24, 2.45) is 0 Å². The van der Waals surface area contributed by atoms with Crippen molar-refractivity contribution in [2.75, 3.05) is 7.11 Å². The van der Waals surface area contributed by atoms with Crippen LogP contribution in [0, 0.1) is 0 Å². The number of hydrogen-bond acceptors (Lipinski definition) is 4. The molecule has 0 saturated carbocycles. The molecular formula is C18H12Cl3F2N3O2. The highest BCUT2D eigenvalue weighted by Crippen LogP contribution is 2.32. The fourth-order valence-corrected chi connectivity index (χ4v) is 3.22. The molecule has 5 nitrogen and oxygen atoms in total. The molecule has 0 atom stereocenters. The molecule has 146 valence electrons. The normalized spacial score (nSPS) is 11.1. The van der Waals surface area contributed by atoms with Crippen LogP contribution in [0.1, 0.15) is 28.2 Å². The molecule has 0 aliphatic heterocycles. The van der Waals surface area contributed by atoms with E-state index in [4.69, 9.17) is 39.5 Å². The van der Waals surface area contributed by atoms with Gasteiger partial charge in [0.1, 0.15) is 11.5 Å². The number of imidazole rings is 1. The van der Waals surface area contributed by atoms with Gasteiger partial charge in [0.15, 0.2) is 5.69 Å². The van der Waals surface area contributed by atoms with Crippen LogP contribution < -0.4 is 0 Å². The summed E-state index contributed by atoms with van der Waals surface area (Å²) in [6.45, 7) is -0.0502. The van der Waals surface area contributed by atoms with Gasteiger partial charge >= 0.3 is 5.97 Å². The van der Waals surface area contributed by atoms with Crippen LogP contribution in [0.5, 0.6) is 0 Å². The van der Waals surface area contributed by atoms with E-state index in [1.54, 1.807) is 18.2 Å². The number of rotatable bonds is 5. The molecule has 10 heteroatoms. The van der Waals surface area contributed by atoms with Gasteiger partial charge in [-0.05, 0) is 29.8 Å². The Morgan fingerprint density at radius 2 is 1.93 bits per heavy atom. The molecule has 28 heavy (non-hydrogen) atoms. The summed E-state index contributed by atoms with van der Waals surface area (Å²) in [5.74, 6) is -0.885. The quantitative estimate of drug-likeness (QED) is 0.473. The van der Waals surface area contributed by atoms with Crippen LogP contribution in [-0.2, 0) is 11.3 Å². The molecule has 3 aromatic rings. The van der Waals surface area contributed by atoms with Gasteiger partial charge in [-0.15, -0.1) is 0 Å². The van der Waals surface area contributed by atoms with Crippen molar-refractivity contribution in [3.63, 3.8) is 0 Å². The van der Waals surface area contributed by atoms with Crippen LogP contribution in [-0.4, -0.2) is 27.6 Å². The number of alkyl halides is 2. The van der Waals surface area contributed by atoms with Crippen molar-refractivity contribution < 1.29 is 18.3 Å². The van der Waals surface area contributed by atoms with Gasteiger partial charge < -0.3 is 9.30 Å². The molecule has 0 N–H and O–H groups in total. The van der Waals surface area contributed by atoms with Crippen LogP contribution >= 0.6 is 34.8 Å². The zero-order valence-electron chi connectivity index (χ0n) is 14.3. The lowest BCUT2D eigenvalue weighted by Crippen LogP contribution is -2.15. The molecule has 0 amide bonds. The monoisotopic (exact) mass is 445 g/mol. The van der Waals surface area contributed by atoms with Gasteiger partial charge in [0, 0.05) is 28.0 Å². The second kappa shape index (κ2) is 8.43. The molecule has 0 aliphatic rings. The van der Waals surface area contributed by atoms with Gasteiger partial charge in [-0.3, -0.25) is 4.98 Å². The molecule has 2 heterocycles. The summed E-state index contributed by atoms with van der Waals surface area (Å²) >= 11 is 18.2. The molecule has 3 rings (SSSR count). The number of benzene rings is 1. The van der Waals surface area contributed by atoms with E-state index in [1.807, 2.05) is 0 Å². The lowest BCUT2D eigenvalue weighted by atomic mass is 10.2. The number of carbonyl (C=O) groups is 1. The molecule has 0 aliphatic carbocycles. The molecule has 0 bridgehead atoms. The maximum atomic E-state index is 13.6. The molecular weight excluding hydrogens is 435 g/mol. The first-order valence-corrected chi connectivity index (χ1v) is 8.97. The minimum atomic E-state index is -3.00. The summed E-state index contributed by atoms with van der Waals surface area (Å²) in [4.78, 5) is 20.2. The maximum Gasteiger partial charge on any atom is 0.356 e. The summed E-state index contributed by atoms with van der Waals surface area (Å²) < 4.78 is 33.2. The highest BCUT2D eigenvalue weighted by molar-refractivity contribution is 6.33. The summed E-state index contributed by atoms with van der Waals surface area (Å²) in [6.07, 6.45) is -0.210. The first-order valence-electron chi connectivity index (χ1n) is 7.83. The lowest BCUT2D eigenvalue weighted by molar-refractivity contribution is 0.0576. The first-order chi connectivity index (χ1) is 13.3. The van der Waals surface area contributed by atoms with E-state index < -0.39 is 18.1 Å². The SMILES string of the molecule is COC(=O)c1c(C(F)F)nc(-c2cncc(Cl)c2)n1Cc1cc(Cl)ccc1Cl. The third-order valence-corrected chi connectivity index (χ3v) is 4.69. The molecule has 1 aromatic carbocycles. The summed E-state index contributed by atoms with van der Waals surface area (Å²) in [6, 6.07) is 6.24. The predicted octanol–water partition coefficient (Wildman–Crippen LogP) is 5.68. The third-order valence-electron chi connectivity index (χ3n) is 3.88. The minimum absolute atomic E-state index is 0.0502. The first kappa shape index (κ1) is 20.5. The van der Waals surface area contributed by atoms with Gasteiger partial charge in [0.2, 0.25) is 0 Å². The van der Waals surface area contributed by atoms with Crippen molar-refractivity contribution in [3.8, 4) is 11.4 Å². The summed E-state index contributed by atoms with van der Waals surface area (Å²) in [5, 5.41) is 1.04. The van der Waals surface area contributed by atoms with Crippen molar-refractivity contribution in [1.82, 2.24) is 14.5 Å². The highest BCUT2D eigenvalue weighted by atomic mass is 35.5. The second-order valence-corrected chi connectivity index (χ2v) is 6.96. The largest absolute Gasteiger partial charge is 0.464 e. The van der Waals surface area contributed by atoms with E-state index in [0.29, 0.717) is 21.2 Å². The van der Waals surface area contributed by atoms with Crippen molar-refractivity contribution in [3.05, 3.63) is 68.7 Å². The third kappa shape index (κ3) is 4.11. The number of nitrogens with zero attached hydrogens (tertiary/aromatic N) is 3. The van der Waals surface area contributed by atoms with Gasteiger partial charge in [0.05, 0.1) is 18.7 Å². The second-order valence-electron chi connectivity index (χ2n) is 5.68. The Hall–Kier alpha value is -2.22. The van der Waals surface area contributed by atoms with Gasteiger partial charge in [-0.2, -0.15) is 0 Å². The Morgan fingerprint density at radius 3 is 2.57 bits per heavy atom. The number of esters is 1. The highest BCUT2D eigenvalue weighted by Gasteiger charge is 2.30. The van der Waals surface area contributed by atoms with E-state index in [1.165, 1.54) is 23.0 Å². The van der Waals surface area contributed by atoms with Crippen molar-refractivity contribution in [2.45, 2.75) is 13.0 Å². The van der Waals surface area contributed by atoms with Crippen molar-refractivity contribution >= 4 is 40.8 Å². The molecule has 0 radical (unpaired) electrons. The zero-order valence-corrected chi connectivity index (χ0v) is 16.6. The average Bonchev–Trinajstić information content (AvgIpc) is 3.03. The van der Waals surface area contributed by atoms with E-state index in [0.717, 1.165) is 7.11 Å². The van der Waals surface area contributed by atoms with Crippen molar-refractivity contribution in [1.29, 1.82) is 0 Å². The lowest BCUT2D eigenvalue weighted by Gasteiger charge is -2.13. The summed E-state index contributed by atoms with van der Waals surface area (Å²) in [7, 11) is 1.10. The Kier molecular flexibility index (Phi) is 6.17. The molecule has 0 unspecified atom stereocenters. The number of halogens is 5. The number of methoxy groups -OCH3 is 1. The standard InChI is InChI=1S/C18H12Cl3F2N3O2/c1-28-18(27)15-14(16(22)23)25-17(9-4-12(20)7-24-6-9)26(15)8-10-5-11(19)2-3-13(10)21/h2-7,16H,8H2,1H3. The number of aromatic nitrogens is 3. The van der Waals surface area contributed by atoms with Gasteiger partial charge in [0.25, 0.3) is 6.43 Å². The Morgan fingerprint density at radius 1 is 1.18 bits per heavy atom. The van der Waals surface area contributed by atoms with Crippen LogP contribution in [0.4, 0.5) is 8.78 Å². The van der Waals surface area contributed by atoms with Gasteiger partial charge in [-0.25, -0.2) is 18.6 Å². The molecule has 0 fully saturated rings. The van der Waals surface area contributed by atoms with E-state index in [2.05, 4.69) is 9.97 Å². The fourth-order valence-electron chi connectivity index (χ4n) is 2.68. The molecule has 2 aromatic heterocycles.